The van der Waals surface area contributed by atoms with Crippen molar-refractivity contribution in [1.82, 2.24) is 0 Å². The third-order valence-electron chi connectivity index (χ3n) is 3.20. The standard InChI is InChI=1S/C19H23NO2/c1-15(2)22-18-12-7-11-17(14-18)20-19(21)13-6-10-16-8-4-3-5-9-16/h3-5,7-9,11-12,14-15H,6,10,13H2,1-2H3,(H,20,21). The Bertz CT molecular complexity index is 593. The lowest BCUT2D eigenvalue weighted by Gasteiger charge is -2.11. The van der Waals surface area contributed by atoms with E-state index in [4.69, 9.17) is 4.74 Å². The Morgan fingerprint density at radius 2 is 1.86 bits per heavy atom. The molecule has 22 heavy (non-hydrogen) atoms. The van der Waals surface area contributed by atoms with Crippen LogP contribution < -0.4 is 10.1 Å². The minimum atomic E-state index is 0.0395. The van der Waals surface area contributed by atoms with Crippen LogP contribution >= 0.6 is 0 Å². The molecule has 0 heterocycles. The van der Waals surface area contributed by atoms with Crippen molar-refractivity contribution in [3.05, 3.63) is 60.2 Å². The molecule has 0 spiro atoms. The van der Waals surface area contributed by atoms with Crippen LogP contribution in [0, 0.1) is 0 Å². The highest BCUT2D eigenvalue weighted by Gasteiger charge is 2.04. The van der Waals surface area contributed by atoms with Gasteiger partial charge in [-0.3, -0.25) is 4.79 Å². The van der Waals surface area contributed by atoms with E-state index in [0.29, 0.717) is 6.42 Å². The lowest BCUT2D eigenvalue weighted by atomic mass is 10.1. The fourth-order valence-electron chi connectivity index (χ4n) is 2.24. The molecular weight excluding hydrogens is 274 g/mol. The Morgan fingerprint density at radius 3 is 2.59 bits per heavy atom. The summed E-state index contributed by atoms with van der Waals surface area (Å²) in [5.41, 5.74) is 2.05. The Morgan fingerprint density at radius 1 is 1.09 bits per heavy atom. The van der Waals surface area contributed by atoms with Crippen molar-refractivity contribution < 1.29 is 9.53 Å². The average molecular weight is 297 g/mol. The van der Waals surface area contributed by atoms with Gasteiger partial charge < -0.3 is 10.1 Å². The minimum absolute atomic E-state index is 0.0395. The van der Waals surface area contributed by atoms with Gasteiger partial charge in [-0.1, -0.05) is 36.4 Å². The van der Waals surface area contributed by atoms with Crippen LogP contribution in [-0.2, 0) is 11.2 Å². The van der Waals surface area contributed by atoms with Gasteiger partial charge in [0.25, 0.3) is 0 Å². The normalized spacial score (nSPS) is 10.5. The molecule has 1 N–H and O–H groups in total. The molecule has 0 bridgehead atoms. The Labute approximate surface area is 132 Å². The summed E-state index contributed by atoms with van der Waals surface area (Å²) < 4.78 is 5.62. The van der Waals surface area contributed by atoms with E-state index in [2.05, 4.69) is 17.4 Å². The first-order valence-corrected chi connectivity index (χ1v) is 7.74. The summed E-state index contributed by atoms with van der Waals surface area (Å²) in [6, 6.07) is 17.7. The SMILES string of the molecule is CC(C)Oc1cccc(NC(=O)CCCc2ccccc2)c1. The number of ether oxygens (including phenoxy) is 1. The fourth-order valence-corrected chi connectivity index (χ4v) is 2.24. The van der Waals surface area contributed by atoms with Gasteiger partial charge in [-0.2, -0.15) is 0 Å². The van der Waals surface area contributed by atoms with Crippen LogP contribution in [0.4, 0.5) is 5.69 Å². The second kappa shape index (κ2) is 8.23. The van der Waals surface area contributed by atoms with E-state index in [-0.39, 0.29) is 12.0 Å². The van der Waals surface area contributed by atoms with Crippen molar-refractivity contribution >= 4 is 11.6 Å². The van der Waals surface area contributed by atoms with Crippen molar-refractivity contribution in [2.45, 2.75) is 39.2 Å². The summed E-state index contributed by atoms with van der Waals surface area (Å²) in [6.45, 7) is 3.96. The number of hydrogen-bond acceptors (Lipinski definition) is 2. The first kappa shape index (κ1) is 16.1. The van der Waals surface area contributed by atoms with Crippen molar-refractivity contribution in [2.75, 3.05) is 5.32 Å². The number of aryl methyl sites for hydroxylation is 1. The number of benzene rings is 2. The van der Waals surface area contributed by atoms with Gasteiger partial charge in [0, 0.05) is 18.2 Å². The van der Waals surface area contributed by atoms with Crippen molar-refractivity contribution in [3.63, 3.8) is 0 Å². The Hall–Kier alpha value is -2.29. The quantitative estimate of drug-likeness (QED) is 0.820. The van der Waals surface area contributed by atoms with E-state index < -0.39 is 0 Å². The molecule has 0 saturated heterocycles. The summed E-state index contributed by atoms with van der Waals surface area (Å²) in [4.78, 5) is 12.0. The average Bonchev–Trinajstić information content (AvgIpc) is 2.48. The highest BCUT2D eigenvalue weighted by Crippen LogP contribution is 2.19. The summed E-state index contributed by atoms with van der Waals surface area (Å²) in [5, 5.41) is 2.92. The van der Waals surface area contributed by atoms with Gasteiger partial charge >= 0.3 is 0 Å². The van der Waals surface area contributed by atoms with E-state index in [1.807, 2.05) is 56.3 Å². The van der Waals surface area contributed by atoms with Crippen LogP contribution in [0.15, 0.2) is 54.6 Å². The first-order valence-electron chi connectivity index (χ1n) is 7.74. The Kier molecular flexibility index (Phi) is 6.01. The van der Waals surface area contributed by atoms with Crippen LogP contribution in [-0.4, -0.2) is 12.0 Å². The number of nitrogens with one attached hydrogen (secondary N) is 1. The number of anilines is 1. The summed E-state index contributed by atoms with van der Waals surface area (Å²) >= 11 is 0. The highest BCUT2D eigenvalue weighted by molar-refractivity contribution is 5.90. The van der Waals surface area contributed by atoms with Gasteiger partial charge in [0.05, 0.1) is 6.10 Å². The van der Waals surface area contributed by atoms with Gasteiger partial charge in [0.15, 0.2) is 0 Å². The fraction of sp³-hybridized carbons (Fsp3) is 0.316. The summed E-state index contributed by atoms with van der Waals surface area (Å²) in [7, 11) is 0. The molecule has 3 heteroatoms. The number of carbonyl (C=O) groups excluding carboxylic acids is 1. The predicted octanol–water partition coefficient (Wildman–Crippen LogP) is 4.44. The molecule has 0 saturated carbocycles. The van der Waals surface area contributed by atoms with E-state index in [0.717, 1.165) is 24.3 Å². The Balaban J connectivity index is 1.79. The highest BCUT2D eigenvalue weighted by atomic mass is 16.5. The lowest BCUT2D eigenvalue weighted by Crippen LogP contribution is -2.12. The van der Waals surface area contributed by atoms with E-state index in [1.165, 1.54) is 5.56 Å². The van der Waals surface area contributed by atoms with E-state index in [9.17, 15) is 4.79 Å². The third kappa shape index (κ3) is 5.60. The predicted molar refractivity (Wildman–Crippen MR) is 90.2 cm³/mol. The summed E-state index contributed by atoms with van der Waals surface area (Å²) in [5.74, 6) is 0.815. The zero-order chi connectivity index (χ0) is 15.8. The molecule has 116 valence electrons. The molecule has 0 aromatic heterocycles. The van der Waals surface area contributed by atoms with Gasteiger partial charge in [-0.05, 0) is 44.4 Å². The zero-order valence-corrected chi connectivity index (χ0v) is 13.2. The number of carbonyl (C=O) groups is 1. The third-order valence-corrected chi connectivity index (χ3v) is 3.20. The smallest absolute Gasteiger partial charge is 0.224 e. The largest absolute Gasteiger partial charge is 0.491 e. The maximum Gasteiger partial charge on any atom is 0.224 e. The van der Waals surface area contributed by atoms with Crippen LogP contribution in [0.25, 0.3) is 0 Å². The molecule has 0 unspecified atom stereocenters. The topological polar surface area (TPSA) is 38.3 Å². The number of hydrogen-bond donors (Lipinski definition) is 1. The molecule has 2 aromatic carbocycles. The molecule has 0 aliphatic heterocycles. The van der Waals surface area contributed by atoms with Crippen LogP contribution in [0.3, 0.4) is 0 Å². The molecule has 3 nitrogen and oxygen atoms in total. The van der Waals surface area contributed by atoms with E-state index in [1.54, 1.807) is 0 Å². The second-order valence-corrected chi connectivity index (χ2v) is 5.58. The van der Waals surface area contributed by atoms with Crippen LogP contribution in [0.1, 0.15) is 32.3 Å². The van der Waals surface area contributed by atoms with Gasteiger partial charge in [-0.25, -0.2) is 0 Å². The van der Waals surface area contributed by atoms with Crippen molar-refractivity contribution in [3.8, 4) is 5.75 Å². The molecule has 0 radical (unpaired) electrons. The molecule has 0 aliphatic rings. The number of amides is 1. The molecule has 2 rings (SSSR count). The van der Waals surface area contributed by atoms with Crippen molar-refractivity contribution in [2.24, 2.45) is 0 Å². The molecular formula is C19H23NO2. The molecule has 1 amide bonds. The summed E-state index contributed by atoms with van der Waals surface area (Å²) in [6.07, 6.45) is 2.41. The molecule has 0 aliphatic carbocycles. The van der Waals surface area contributed by atoms with Gasteiger partial charge in [0.2, 0.25) is 5.91 Å². The maximum absolute atomic E-state index is 12.0. The van der Waals surface area contributed by atoms with Crippen LogP contribution in [0.5, 0.6) is 5.75 Å². The molecule has 0 fully saturated rings. The number of rotatable bonds is 7. The molecule has 2 aromatic rings. The van der Waals surface area contributed by atoms with Gasteiger partial charge in [0.1, 0.15) is 5.75 Å². The maximum atomic E-state index is 12.0. The van der Waals surface area contributed by atoms with Gasteiger partial charge in [-0.15, -0.1) is 0 Å². The first-order chi connectivity index (χ1) is 10.6. The zero-order valence-electron chi connectivity index (χ0n) is 13.2. The van der Waals surface area contributed by atoms with E-state index >= 15 is 0 Å². The minimum Gasteiger partial charge on any atom is -0.491 e. The van der Waals surface area contributed by atoms with Crippen LogP contribution in [0.2, 0.25) is 0 Å². The lowest BCUT2D eigenvalue weighted by molar-refractivity contribution is -0.116. The molecule has 0 atom stereocenters. The monoisotopic (exact) mass is 297 g/mol. The second-order valence-electron chi connectivity index (χ2n) is 5.58. The van der Waals surface area contributed by atoms with Crippen molar-refractivity contribution in [1.29, 1.82) is 0 Å².